The van der Waals surface area contributed by atoms with E-state index in [1.54, 1.807) is 6.08 Å². The Morgan fingerprint density at radius 2 is 1.83 bits per heavy atom. The molecule has 0 fully saturated rings. The van der Waals surface area contributed by atoms with E-state index in [1.807, 2.05) is 6.92 Å². The minimum atomic E-state index is 0. The fourth-order valence-corrected chi connectivity index (χ4v) is 0. The van der Waals surface area contributed by atoms with Crippen LogP contribution in [0, 0.1) is 0 Å². The lowest BCUT2D eigenvalue weighted by atomic mass is 10.4. The molecule has 6 heavy (non-hydrogen) atoms. The first-order valence-corrected chi connectivity index (χ1v) is 1.55. The maximum absolute atomic E-state index is 3.56. The van der Waals surface area contributed by atoms with Crippen LogP contribution in [0.5, 0.6) is 0 Å². The largest absolute Gasteiger partial charge is 0.412 e. The number of allylic oxidation sites excluding steroid dienone is 2. The van der Waals surface area contributed by atoms with Gasteiger partial charge in [-0.1, -0.05) is 24.8 Å². The Labute approximate surface area is 38.3 Å². The van der Waals surface area contributed by atoms with Crippen LogP contribution in [0.4, 0.5) is 0 Å². The normalized spacial score (nSPS) is 5.50. The van der Waals surface area contributed by atoms with Crippen molar-refractivity contribution in [3.8, 4) is 0 Å². The van der Waals surface area contributed by atoms with E-state index in [1.165, 1.54) is 0 Å². The van der Waals surface area contributed by atoms with Crippen molar-refractivity contribution in [3.05, 3.63) is 24.8 Å². The molecule has 1 heteroatoms. The van der Waals surface area contributed by atoms with Crippen molar-refractivity contribution in [2.75, 3.05) is 0 Å². The van der Waals surface area contributed by atoms with Crippen molar-refractivity contribution in [2.45, 2.75) is 6.92 Å². The van der Waals surface area contributed by atoms with Crippen molar-refractivity contribution >= 4 is 0 Å². The molecule has 0 aromatic carbocycles. The second-order valence-electron chi connectivity index (χ2n) is 1.05. The third-order valence-corrected chi connectivity index (χ3v) is 0.348. The molecular weight excluding hydrogens is 76.1 g/mol. The van der Waals surface area contributed by atoms with E-state index in [0.717, 1.165) is 5.57 Å². The summed E-state index contributed by atoms with van der Waals surface area (Å²) in [6.45, 7) is 8.93. The summed E-state index contributed by atoms with van der Waals surface area (Å²) in [4.78, 5) is 0. The number of rotatable bonds is 1. The summed E-state index contributed by atoms with van der Waals surface area (Å²) in [5.74, 6) is 0. The Hall–Kier alpha value is -0.560. The standard InChI is InChI=1S/C5H8.H2O/c1-4-5(2)3;/h4H,1-2H2,3H3;1H2. The molecule has 1 nitrogen and oxygen atoms in total. The molecule has 0 spiro atoms. The highest BCUT2D eigenvalue weighted by atomic mass is 16.0. The summed E-state index contributed by atoms with van der Waals surface area (Å²) in [7, 11) is 0. The molecule has 2 N–H and O–H groups in total. The Balaban J connectivity index is 0. The zero-order chi connectivity index (χ0) is 4.28. The van der Waals surface area contributed by atoms with Crippen molar-refractivity contribution in [3.63, 3.8) is 0 Å². The molecule has 0 atom stereocenters. The van der Waals surface area contributed by atoms with Crippen molar-refractivity contribution in [1.82, 2.24) is 0 Å². The Morgan fingerprint density at radius 1 is 1.67 bits per heavy atom. The molecule has 0 heterocycles. The Bertz CT molecular complexity index is 55.0. The van der Waals surface area contributed by atoms with E-state index in [-0.39, 0.29) is 5.48 Å². The summed E-state index contributed by atoms with van der Waals surface area (Å²) in [6, 6.07) is 0. The minimum absolute atomic E-state index is 0. The van der Waals surface area contributed by atoms with Gasteiger partial charge in [-0.3, -0.25) is 0 Å². The van der Waals surface area contributed by atoms with Gasteiger partial charge in [-0.25, -0.2) is 0 Å². The average Bonchev–Trinajstić information content (AvgIpc) is 1.38. The van der Waals surface area contributed by atoms with Gasteiger partial charge in [0.25, 0.3) is 0 Å². The second-order valence-corrected chi connectivity index (χ2v) is 1.05. The van der Waals surface area contributed by atoms with Gasteiger partial charge >= 0.3 is 0 Å². The van der Waals surface area contributed by atoms with Gasteiger partial charge in [-0.05, 0) is 6.92 Å². The number of hydrogen-bond donors (Lipinski definition) is 0. The van der Waals surface area contributed by atoms with Crippen LogP contribution in [0.3, 0.4) is 0 Å². The monoisotopic (exact) mass is 86.1 g/mol. The molecule has 0 radical (unpaired) electrons. The van der Waals surface area contributed by atoms with Crippen LogP contribution in [0.25, 0.3) is 0 Å². The van der Waals surface area contributed by atoms with Crippen LogP contribution in [0.15, 0.2) is 24.8 Å². The molecule has 0 saturated heterocycles. The molecule has 0 aliphatic rings. The molecule has 0 amide bonds. The van der Waals surface area contributed by atoms with Gasteiger partial charge in [0.1, 0.15) is 0 Å². The molecule has 0 aromatic rings. The Kier molecular flexibility index (Phi) is 6.71. The second kappa shape index (κ2) is 4.44. The van der Waals surface area contributed by atoms with Crippen LogP contribution >= 0.6 is 0 Å². The van der Waals surface area contributed by atoms with Gasteiger partial charge < -0.3 is 5.48 Å². The first kappa shape index (κ1) is 9.06. The van der Waals surface area contributed by atoms with Gasteiger partial charge in [0.15, 0.2) is 0 Å². The summed E-state index contributed by atoms with van der Waals surface area (Å²) in [5, 5.41) is 0. The zero-order valence-electron chi connectivity index (χ0n) is 3.99. The lowest BCUT2D eigenvalue weighted by Crippen LogP contribution is -1.50. The van der Waals surface area contributed by atoms with E-state index in [0.29, 0.717) is 0 Å². The molecule has 36 valence electrons. The third kappa shape index (κ3) is 9.88. The van der Waals surface area contributed by atoms with E-state index in [9.17, 15) is 0 Å². The molecule has 0 aromatic heterocycles. The summed E-state index contributed by atoms with van der Waals surface area (Å²) in [6.07, 6.45) is 1.72. The molecule has 0 aliphatic heterocycles. The fraction of sp³-hybridized carbons (Fsp3) is 0.200. The summed E-state index contributed by atoms with van der Waals surface area (Å²) < 4.78 is 0. The average molecular weight is 86.1 g/mol. The quantitative estimate of drug-likeness (QED) is 0.425. The van der Waals surface area contributed by atoms with Gasteiger partial charge in [0, 0.05) is 0 Å². The predicted octanol–water partition coefficient (Wildman–Crippen LogP) is 0.924. The van der Waals surface area contributed by atoms with Crippen LogP contribution in [0.1, 0.15) is 6.92 Å². The topological polar surface area (TPSA) is 31.5 Å². The van der Waals surface area contributed by atoms with Gasteiger partial charge in [0.2, 0.25) is 0 Å². The molecule has 0 aliphatic carbocycles. The highest BCUT2D eigenvalue weighted by molar-refractivity contribution is 5.05. The Morgan fingerprint density at radius 3 is 1.83 bits per heavy atom. The highest BCUT2D eigenvalue weighted by Crippen LogP contribution is 1.81. The maximum Gasteiger partial charge on any atom is -0.0404 e. The first-order chi connectivity index (χ1) is 2.27. The van der Waals surface area contributed by atoms with Crippen molar-refractivity contribution < 1.29 is 5.48 Å². The molecule has 0 bridgehead atoms. The van der Waals surface area contributed by atoms with Crippen LogP contribution < -0.4 is 0 Å². The molecule has 0 rings (SSSR count). The number of hydrogen-bond acceptors (Lipinski definition) is 0. The van der Waals surface area contributed by atoms with Crippen molar-refractivity contribution in [1.29, 1.82) is 0 Å². The third-order valence-electron chi connectivity index (χ3n) is 0.348. The van der Waals surface area contributed by atoms with E-state index in [4.69, 9.17) is 0 Å². The van der Waals surface area contributed by atoms with E-state index in [2.05, 4.69) is 13.2 Å². The SMILES string of the molecule is C=CC(=C)C.O. The van der Waals surface area contributed by atoms with Crippen LogP contribution in [-0.4, -0.2) is 5.48 Å². The molecule has 0 saturated carbocycles. The van der Waals surface area contributed by atoms with Crippen molar-refractivity contribution in [2.24, 2.45) is 0 Å². The van der Waals surface area contributed by atoms with Crippen LogP contribution in [-0.2, 0) is 0 Å². The highest BCUT2D eigenvalue weighted by Gasteiger charge is 1.59. The van der Waals surface area contributed by atoms with Gasteiger partial charge in [0.05, 0.1) is 0 Å². The maximum atomic E-state index is 3.56. The fourth-order valence-electron chi connectivity index (χ4n) is 0. The lowest BCUT2D eigenvalue weighted by Gasteiger charge is -1.71. The molecular formula is C5H10O. The summed E-state index contributed by atoms with van der Waals surface area (Å²) in [5.41, 5.74) is 1.02. The smallest absolute Gasteiger partial charge is 0.0404 e. The summed E-state index contributed by atoms with van der Waals surface area (Å²) >= 11 is 0. The van der Waals surface area contributed by atoms with Gasteiger partial charge in [-0.2, -0.15) is 0 Å². The predicted molar refractivity (Wildman–Crippen MR) is 28.6 cm³/mol. The lowest BCUT2D eigenvalue weighted by molar-refractivity contribution is 0.824. The minimum Gasteiger partial charge on any atom is -0.412 e. The van der Waals surface area contributed by atoms with Gasteiger partial charge in [-0.15, -0.1) is 0 Å². The first-order valence-electron chi connectivity index (χ1n) is 1.55. The molecule has 0 unspecified atom stereocenters. The van der Waals surface area contributed by atoms with E-state index >= 15 is 0 Å². The zero-order valence-corrected chi connectivity index (χ0v) is 3.99. The van der Waals surface area contributed by atoms with E-state index < -0.39 is 0 Å². The van der Waals surface area contributed by atoms with Crippen LogP contribution in [0.2, 0.25) is 0 Å².